The van der Waals surface area contributed by atoms with E-state index >= 15 is 0 Å². The van der Waals surface area contributed by atoms with E-state index < -0.39 is 0 Å². The molecule has 25 heavy (non-hydrogen) atoms. The molecule has 0 saturated carbocycles. The molecule has 2 aromatic heterocycles. The Morgan fingerprint density at radius 2 is 2.08 bits per heavy atom. The molecule has 0 aliphatic carbocycles. The monoisotopic (exact) mass is 335 g/mol. The number of aromatic nitrogens is 1. The van der Waals surface area contributed by atoms with Crippen LogP contribution in [0.2, 0.25) is 0 Å². The molecule has 0 bridgehead atoms. The Balaban J connectivity index is 1.74. The van der Waals surface area contributed by atoms with Gasteiger partial charge >= 0.3 is 0 Å². The fraction of sp³-hybridized carbons (Fsp3) is 0.200. The summed E-state index contributed by atoms with van der Waals surface area (Å²) in [5.74, 6) is 1.16. The number of nitrogens with zero attached hydrogens (tertiary/aromatic N) is 2. The number of hydrogen-bond acceptors (Lipinski definition) is 4. The maximum Gasteiger partial charge on any atom is 0.246 e. The van der Waals surface area contributed by atoms with Gasteiger partial charge in [0.15, 0.2) is 0 Å². The number of para-hydroxylation sites is 1. The summed E-state index contributed by atoms with van der Waals surface area (Å²) in [6.45, 7) is 4.46. The van der Waals surface area contributed by atoms with Gasteiger partial charge in [0.2, 0.25) is 5.91 Å². The third kappa shape index (κ3) is 3.55. The van der Waals surface area contributed by atoms with E-state index in [4.69, 9.17) is 10.2 Å². The van der Waals surface area contributed by atoms with E-state index in [0.29, 0.717) is 12.4 Å². The molecule has 128 valence electrons. The lowest BCUT2D eigenvalue weighted by Gasteiger charge is -2.13. The second-order valence-corrected chi connectivity index (χ2v) is 6.15. The number of furan rings is 1. The van der Waals surface area contributed by atoms with Gasteiger partial charge in [-0.1, -0.05) is 18.2 Å². The summed E-state index contributed by atoms with van der Waals surface area (Å²) in [6.07, 6.45) is 4.88. The molecule has 0 aliphatic rings. The highest BCUT2D eigenvalue weighted by Crippen LogP contribution is 2.28. The van der Waals surface area contributed by atoms with Crippen LogP contribution in [-0.4, -0.2) is 22.8 Å². The predicted molar refractivity (Wildman–Crippen MR) is 99.8 cm³/mol. The number of likely N-dealkylation sites (N-methyl/N-ethyl adjacent to an activating group) is 1. The first-order chi connectivity index (χ1) is 12.0. The molecule has 0 saturated heterocycles. The van der Waals surface area contributed by atoms with E-state index in [1.165, 1.54) is 6.08 Å². The predicted octanol–water partition coefficient (Wildman–Crippen LogP) is 3.70. The zero-order valence-electron chi connectivity index (χ0n) is 14.6. The van der Waals surface area contributed by atoms with Crippen LogP contribution in [0.4, 0.5) is 5.82 Å². The summed E-state index contributed by atoms with van der Waals surface area (Å²) in [5, 5.41) is 1.10. The molecule has 2 heterocycles. The number of pyridine rings is 1. The number of hydrogen-bond donors (Lipinski definition) is 1. The minimum atomic E-state index is -0.103. The number of fused-ring (bicyclic) bond motifs is 1. The van der Waals surface area contributed by atoms with Crippen molar-refractivity contribution in [3.63, 3.8) is 0 Å². The third-order valence-electron chi connectivity index (χ3n) is 4.24. The lowest BCUT2D eigenvalue weighted by Crippen LogP contribution is -2.24. The first-order valence-corrected chi connectivity index (χ1v) is 8.08. The summed E-state index contributed by atoms with van der Waals surface area (Å²) < 4.78 is 5.98. The SMILES string of the molecule is Cc1c(CN(C)C(=O)/C=C/c2ccc(N)nc2)oc2c(C)cccc12. The van der Waals surface area contributed by atoms with Crippen LogP contribution in [-0.2, 0) is 11.3 Å². The molecule has 3 aromatic rings. The Hall–Kier alpha value is -3.08. The molecule has 5 heteroatoms. The van der Waals surface area contributed by atoms with Gasteiger partial charge in [0.1, 0.15) is 17.2 Å². The molecule has 3 rings (SSSR count). The highest BCUT2D eigenvalue weighted by molar-refractivity contribution is 5.91. The summed E-state index contributed by atoms with van der Waals surface area (Å²) in [6, 6.07) is 9.60. The van der Waals surface area contributed by atoms with Crippen molar-refractivity contribution in [2.45, 2.75) is 20.4 Å². The van der Waals surface area contributed by atoms with Crippen molar-refractivity contribution in [3.8, 4) is 0 Å². The fourth-order valence-corrected chi connectivity index (χ4v) is 2.69. The van der Waals surface area contributed by atoms with E-state index in [1.54, 1.807) is 30.3 Å². The Morgan fingerprint density at radius 3 is 2.76 bits per heavy atom. The highest BCUT2D eigenvalue weighted by Gasteiger charge is 2.15. The number of carbonyl (C=O) groups excluding carboxylic acids is 1. The number of rotatable bonds is 4. The molecule has 0 unspecified atom stereocenters. The van der Waals surface area contributed by atoms with E-state index in [2.05, 4.69) is 4.98 Å². The normalized spacial score (nSPS) is 11.3. The molecule has 2 N–H and O–H groups in total. The van der Waals surface area contributed by atoms with Gasteiger partial charge in [0.25, 0.3) is 0 Å². The molecular formula is C20H21N3O2. The summed E-state index contributed by atoms with van der Waals surface area (Å²) in [5.41, 5.74) is 9.43. The topological polar surface area (TPSA) is 72.4 Å². The third-order valence-corrected chi connectivity index (χ3v) is 4.24. The highest BCUT2D eigenvalue weighted by atomic mass is 16.3. The Labute approximate surface area is 146 Å². The van der Waals surface area contributed by atoms with Crippen molar-refractivity contribution in [2.24, 2.45) is 0 Å². The molecule has 0 fully saturated rings. The largest absolute Gasteiger partial charge is 0.459 e. The molecule has 0 aliphatic heterocycles. The van der Waals surface area contributed by atoms with Crippen LogP contribution in [0.15, 0.2) is 47.0 Å². The first kappa shape index (κ1) is 16.8. The smallest absolute Gasteiger partial charge is 0.246 e. The first-order valence-electron chi connectivity index (χ1n) is 8.08. The van der Waals surface area contributed by atoms with E-state index in [9.17, 15) is 4.79 Å². The molecule has 0 radical (unpaired) electrons. The number of anilines is 1. The van der Waals surface area contributed by atoms with Crippen molar-refractivity contribution >= 4 is 28.8 Å². The van der Waals surface area contributed by atoms with Crippen LogP contribution in [0.1, 0.15) is 22.5 Å². The quantitative estimate of drug-likeness (QED) is 0.738. The van der Waals surface area contributed by atoms with E-state index in [-0.39, 0.29) is 5.91 Å². The lowest BCUT2D eigenvalue weighted by atomic mass is 10.1. The van der Waals surface area contributed by atoms with Crippen LogP contribution >= 0.6 is 0 Å². The lowest BCUT2D eigenvalue weighted by molar-refractivity contribution is -0.125. The van der Waals surface area contributed by atoms with Gasteiger partial charge in [0.05, 0.1) is 6.54 Å². The Morgan fingerprint density at radius 1 is 1.28 bits per heavy atom. The van der Waals surface area contributed by atoms with Crippen molar-refractivity contribution < 1.29 is 9.21 Å². The van der Waals surface area contributed by atoms with Crippen molar-refractivity contribution in [2.75, 3.05) is 12.8 Å². The van der Waals surface area contributed by atoms with E-state index in [1.807, 2.05) is 38.1 Å². The molecule has 1 amide bonds. The van der Waals surface area contributed by atoms with Crippen LogP contribution in [0.3, 0.4) is 0 Å². The second-order valence-electron chi connectivity index (χ2n) is 6.15. The summed E-state index contributed by atoms with van der Waals surface area (Å²) >= 11 is 0. The summed E-state index contributed by atoms with van der Waals surface area (Å²) in [7, 11) is 1.76. The number of carbonyl (C=O) groups is 1. The zero-order valence-corrected chi connectivity index (χ0v) is 14.6. The number of benzene rings is 1. The molecular weight excluding hydrogens is 314 g/mol. The van der Waals surface area contributed by atoms with Gasteiger partial charge < -0.3 is 15.1 Å². The minimum absolute atomic E-state index is 0.103. The van der Waals surface area contributed by atoms with Gasteiger partial charge in [-0.25, -0.2) is 4.98 Å². The van der Waals surface area contributed by atoms with Gasteiger partial charge in [-0.2, -0.15) is 0 Å². The average Bonchev–Trinajstić information content (AvgIpc) is 2.92. The average molecular weight is 335 g/mol. The number of aryl methyl sites for hydroxylation is 2. The second kappa shape index (κ2) is 6.81. The zero-order chi connectivity index (χ0) is 18.0. The van der Waals surface area contributed by atoms with Crippen LogP contribution < -0.4 is 5.73 Å². The van der Waals surface area contributed by atoms with Gasteiger partial charge in [0, 0.05) is 30.3 Å². The molecule has 0 atom stereocenters. The van der Waals surface area contributed by atoms with Crippen molar-refractivity contribution in [3.05, 3.63) is 65.1 Å². The van der Waals surface area contributed by atoms with Crippen LogP contribution in [0.25, 0.3) is 17.0 Å². The van der Waals surface area contributed by atoms with Crippen molar-refractivity contribution in [1.82, 2.24) is 9.88 Å². The van der Waals surface area contributed by atoms with Crippen molar-refractivity contribution in [1.29, 1.82) is 0 Å². The fourth-order valence-electron chi connectivity index (χ4n) is 2.69. The van der Waals surface area contributed by atoms with Gasteiger partial charge in [-0.3, -0.25) is 4.79 Å². The summed E-state index contributed by atoms with van der Waals surface area (Å²) in [4.78, 5) is 18.0. The molecule has 1 aromatic carbocycles. The maximum atomic E-state index is 12.3. The standard InChI is InChI=1S/C20H21N3O2/c1-13-5-4-6-16-14(2)17(25-20(13)16)12-23(3)19(24)10-8-15-7-9-18(21)22-11-15/h4-11H,12H2,1-3H3,(H2,21,22)/b10-8+. The maximum absolute atomic E-state index is 12.3. The van der Waals surface area contributed by atoms with E-state index in [0.717, 1.165) is 33.4 Å². The number of amides is 1. The minimum Gasteiger partial charge on any atom is -0.459 e. The van der Waals surface area contributed by atoms with Gasteiger partial charge in [-0.05, 0) is 43.2 Å². The Bertz CT molecular complexity index is 939. The van der Waals surface area contributed by atoms with Crippen LogP contribution in [0, 0.1) is 13.8 Å². The number of nitrogens with two attached hydrogens (primary N) is 1. The van der Waals surface area contributed by atoms with Crippen LogP contribution in [0.5, 0.6) is 0 Å². The molecule has 5 nitrogen and oxygen atoms in total. The van der Waals surface area contributed by atoms with Gasteiger partial charge in [-0.15, -0.1) is 0 Å². The number of nitrogen functional groups attached to an aromatic ring is 1. The molecule has 0 spiro atoms. The Kier molecular flexibility index (Phi) is 4.57.